The lowest BCUT2D eigenvalue weighted by Crippen LogP contribution is -2.63. The number of aryl methyl sites for hydroxylation is 2. The van der Waals surface area contributed by atoms with Gasteiger partial charge < -0.3 is 10.1 Å². The van der Waals surface area contributed by atoms with Gasteiger partial charge >= 0.3 is 0 Å². The van der Waals surface area contributed by atoms with Crippen molar-refractivity contribution in [1.29, 1.82) is 0 Å². The van der Waals surface area contributed by atoms with E-state index >= 15 is 0 Å². The molecule has 4 heteroatoms. The van der Waals surface area contributed by atoms with Crippen LogP contribution in [0.15, 0.2) is 12.1 Å². The Hall–Kier alpha value is -1.42. The summed E-state index contributed by atoms with van der Waals surface area (Å²) in [6.07, 6.45) is 6.76. The maximum atomic E-state index is 12.7. The van der Waals surface area contributed by atoms with E-state index in [1.165, 1.54) is 25.7 Å². The molecule has 1 aromatic heterocycles. The van der Waals surface area contributed by atoms with Crippen molar-refractivity contribution in [3.05, 3.63) is 29.1 Å². The largest absolute Gasteiger partial charge is 0.377 e. The number of fused-ring (bicyclic) bond motifs is 1. The Kier molecular flexibility index (Phi) is 3.88. The molecule has 4 nitrogen and oxygen atoms in total. The van der Waals surface area contributed by atoms with Gasteiger partial charge in [-0.15, -0.1) is 0 Å². The van der Waals surface area contributed by atoms with Crippen LogP contribution in [0.1, 0.15) is 53.8 Å². The summed E-state index contributed by atoms with van der Waals surface area (Å²) in [7, 11) is 0. The molecule has 0 spiro atoms. The van der Waals surface area contributed by atoms with Gasteiger partial charge in [0.15, 0.2) is 0 Å². The third-order valence-electron chi connectivity index (χ3n) is 6.02. The molecule has 0 unspecified atom stereocenters. The van der Waals surface area contributed by atoms with E-state index < -0.39 is 0 Å². The molecule has 1 saturated heterocycles. The number of amides is 1. The maximum absolute atomic E-state index is 12.7. The van der Waals surface area contributed by atoms with Crippen molar-refractivity contribution in [3.63, 3.8) is 0 Å². The molecule has 1 amide bonds. The summed E-state index contributed by atoms with van der Waals surface area (Å²) in [5, 5.41) is 3.34. The molecule has 3 fully saturated rings. The number of hydrogen-bond donors (Lipinski definition) is 1. The maximum Gasteiger partial charge on any atom is 0.251 e. The molecule has 1 aromatic rings. The summed E-state index contributed by atoms with van der Waals surface area (Å²) in [6, 6.07) is 4.06. The smallest absolute Gasteiger partial charge is 0.251 e. The van der Waals surface area contributed by atoms with Crippen LogP contribution < -0.4 is 5.32 Å². The molecule has 23 heavy (non-hydrogen) atoms. The Morgan fingerprint density at radius 1 is 1.17 bits per heavy atom. The lowest BCUT2D eigenvalue weighted by atomic mass is 9.61. The second kappa shape index (κ2) is 5.90. The lowest BCUT2D eigenvalue weighted by Gasteiger charge is -2.50. The first kappa shape index (κ1) is 15.1. The molecular weight excluding hydrogens is 288 g/mol. The highest BCUT2D eigenvalue weighted by Gasteiger charge is 2.57. The number of aromatic nitrogens is 1. The van der Waals surface area contributed by atoms with Crippen LogP contribution in [-0.2, 0) is 4.74 Å². The van der Waals surface area contributed by atoms with Crippen LogP contribution in [-0.4, -0.2) is 29.6 Å². The molecule has 1 aliphatic heterocycles. The fraction of sp³-hybridized carbons (Fsp3) is 0.684. The quantitative estimate of drug-likeness (QED) is 0.933. The number of carbonyl (C=O) groups excluding carboxylic acids is 1. The number of hydrogen-bond acceptors (Lipinski definition) is 3. The minimum atomic E-state index is 0.0527. The Labute approximate surface area is 138 Å². The van der Waals surface area contributed by atoms with Crippen molar-refractivity contribution in [2.24, 2.45) is 17.8 Å². The lowest BCUT2D eigenvalue weighted by molar-refractivity contribution is -0.0784. The van der Waals surface area contributed by atoms with Crippen LogP contribution >= 0.6 is 0 Å². The molecular formula is C19H26N2O2. The Morgan fingerprint density at radius 3 is 2.57 bits per heavy atom. The highest BCUT2D eigenvalue weighted by atomic mass is 16.5. The van der Waals surface area contributed by atoms with Gasteiger partial charge in [0.25, 0.3) is 5.91 Å². The first-order valence-electron chi connectivity index (χ1n) is 9.01. The highest BCUT2D eigenvalue weighted by Crippen LogP contribution is 2.51. The van der Waals surface area contributed by atoms with E-state index in [0.717, 1.165) is 35.9 Å². The Balaban J connectivity index is 1.50. The van der Waals surface area contributed by atoms with Gasteiger partial charge in [0.1, 0.15) is 0 Å². The van der Waals surface area contributed by atoms with Gasteiger partial charge in [-0.2, -0.15) is 0 Å². The fourth-order valence-electron chi connectivity index (χ4n) is 5.06. The van der Waals surface area contributed by atoms with E-state index in [-0.39, 0.29) is 5.91 Å². The average molecular weight is 314 g/mol. The average Bonchev–Trinajstić information content (AvgIpc) is 3.14. The molecule has 2 saturated carbocycles. The van der Waals surface area contributed by atoms with E-state index in [0.29, 0.717) is 24.0 Å². The number of nitrogens with zero attached hydrogens (tertiary/aromatic N) is 1. The molecule has 2 heterocycles. The molecule has 124 valence electrons. The van der Waals surface area contributed by atoms with E-state index in [1.807, 2.05) is 26.0 Å². The monoisotopic (exact) mass is 314 g/mol. The number of nitrogens with one attached hydrogen (secondary N) is 1. The molecule has 4 rings (SSSR count). The minimum Gasteiger partial charge on any atom is -0.377 e. The predicted octanol–water partition coefficient (Wildman–Crippen LogP) is 3.02. The van der Waals surface area contributed by atoms with Crippen molar-refractivity contribution in [3.8, 4) is 0 Å². The van der Waals surface area contributed by atoms with E-state index in [1.54, 1.807) is 0 Å². The van der Waals surface area contributed by atoms with Gasteiger partial charge in [-0.05, 0) is 38.3 Å². The Morgan fingerprint density at radius 2 is 1.87 bits per heavy atom. The van der Waals surface area contributed by atoms with Crippen LogP contribution in [0, 0.1) is 31.6 Å². The van der Waals surface area contributed by atoms with Crippen LogP contribution in [0.3, 0.4) is 0 Å². The normalized spacial score (nSPS) is 33.3. The topological polar surface area (TPSA) is 51.2 Å². The molecule has 2 aliphatic carbocycles. The number of rotatable bonds is 3. The van der Waals surface area contributed by atoms with Crippen LogP contribution in [0.4, 0.5) is 0 Å². The highest BCUT2D eigenvalue weighted by molar-refractivity contribution is 5.94. The second-order valence-electron chi connectivity index (χ2n) is 7.55. The van der Waals surface area contributed by atoms with E-state index in [9.17, 15) is 4.79 Å². The SMILES string of the molecule is Cc1cc(C(=O)N[C@H]2[C@H]3CCO[C@H]3[C@H]2C2CCCC2)cc(C)n1. The van der Waals surface area contributed by atoms with Gasteiger partial charge in [-0.1, -0.05) is 25.7 Å². The third-order valence-corrected chi connectivity index (χ3v) is 6.02. The summed E-state index contributed by atoms with van der Waals surface area (Å²) in [4.78, 5) is 17.1. The van der Waals surface area contributed by atoms with Crippen molar-refractivity contribution in [1.82, 2.24) is 10.3 Å². The summed E-state index contributed by atoms with van der Waals surface area (Å²) in [5.41, 5.74) is 2.54. The van der Waals surface area contributed by atoms with Gasteiger partial charge in [0.2, 0.25) is 0 Å². The van der Waals surface area contributed by atoms with E-state index in [2.05, 4.69) is 10.3 Å². The predicted molar refractivity (Wildman–Crippen MR) is 88.3 cm³/mol. The molecule has 0 radical (unpaired) electrons. The van der Waals surface area contributed by atoms with Crippen LogP contribution in [0.25, 0.3) is 0 Å². The van der Waals surface area contributed by atoms with Crippen molar-refractivity contribution in [2.75, 3.05) is 6.61 Å². The molecule has 3 aliphatic rings. The van der Waals surface area contributed by atoms with Gasteiger partial charge in [-0.3, -0.25) is 9.78 Å². The van der Waals surface area contributed by atoms with Crippen molar-refractivity contribution in [2.45, 2.75) is 58.1 Å². The second-order valence-corrected chi connectivity index (χ2v) is 7.55. The fourth-order valence-corrected chi connectivity index (χ4v) is 5.06. The van der Waals surface area contributed by atoms with Crippen molar-refractivity contribution < 1.29 is 9.53 Å². The number of ether oxygens (including phenoxy) is 1. The Bertz CT molecular complexity index is 584. The molecule has 4 atom stereocenters. The molecule has 1 N–H and O–H groups in total. The van der Waals surface area contributed by atoms with E-state index in [4.69, 9.17) is 4.74 Å². The van der Waals surface area contributed by atoms with Crippen LogP contribution in [0.5, 0.6) is 0 Å². The zero-order chi connectivity index (χ0) is 16.0. The summed E-state index contributed by atoms with van der Waals surface area (Å²) in [5.74, 6) is 1.84. The van der Waals surface area contributed by atoms with Gasteiger partial charge in [0.05, 0.1) is 6.10 Å². The molecule has 0 bridgehead atoms. The van der Waals surface area contributed by atoms with Gasteiger partial charge in [0, 0.05) is 41.4 Å². The summed E-state index contributed by atoms with van der Waals surface area (Å²) >= 11 is 0. The zero-order valence-corrected chi connectivity index (χ0v) is 14.0. The molecule has 0 aromatic carbocycles. The van der Waals surface area contributed by atoms with Gasteiger partial charge in [-0.25, -0.2) is 0 Å². The number of carbonyl (C=O) groups is 1. The third kappa shape index (κ3) is 2.67. The first-order valence-corrected chi connectivity index (χ1v) is 9.01. The summed E-state index contributed by atoms with van der Waals surface area (Å²) < 4.78 is 5.97. The standard InChI is InChI=1S/C19H26N2O2/c1-11-9-14(10-12(2)20-11)19(22)21-17-15-7-8-23-18(15)16(17)13-5-3-4-6-13/h9-10,13,15-18H,3-8H2,1-2H3,(H,21,22)/t15-,16+,17+,18-/m1/s1. The zero-order valence-electron chi connectivity index (χ0n) is 14.0. The number of pyridine rings is 1. The van der Waals surface area contributed by atoms with Crippen LogP contribution in [0.2, 0.25) is 0 Å². The summed E-state index contributed by atoms with van der Waals surface area (Å²) in [6.45, 7) is 4.74. The van der Waals surface area contributed by atoms with Crippen molar-refractivity contribution >= 4 is 5.91 Å². The first-order chi connectivity index (χ1) is 11.1. The minimum absolute atomic E-state index is 0.0527.